The molecular formula is C23H16O3. The number of hydrogen-bond donors (Lipinski definition) is 0. The van der Waals surface area contributed by atoms with Crippen molar-refractivity contribution in [2.75, 3.05) is 0 Å². The van der Waals surface area contributed by atoms with Crippen LogP contribution in [0.5, 0.6) is 5.75 Å². The fourth-order valence-electron chi connectivity index (χ4n) is 3.03. The van der Waals surface area contributed by atoms with E-state index in [0.717, 1.165) is 5.56 Å². The number of carbonyl (C=O) groups is 2. The van der Waals surface area contributed by atoms with E-state index < -0.39 is 0 Å². The van der Waals surface area contributed by atoms with Crippen molar-refractivity contribution in [2.45, 2.75) is 6.61 Å². The third-order valence-corrected chi connectivity index (χ3v) is 4.36. The monoisotopic (exact) mass is 340 g/mol. The van der Waals surface area contributed by atoms with Crippen molar-refractivity contribution in [1.29, 1.82) is 0 Å². The molecule has 26 heavy (non-hydrogen) atoms. The van der Waals surface area contributed by atoms with Crippen LogP contribution in [0.2, 0.25) is 0 Å². The summed E-state index contributed by atoms with van der Waals surface area (Å²) in [4.78, 5) is 25.1. The van der Waals surface area contributed by atoms with E-state index in [4.69, 9.17) is 4.74 Å². The number of ether oxygens (including phenoxy) is 1. The maximum absolute atomic E-state index is 12.6. The molecule has 0 bridgehead atoms. The van der Waals surface area contributed by atoms with Gasteiger partial charge in [0.15, 0.2) is 11.6 Å². The van der Waals surface area contributed by atoms with E-state index in [0.29, 0.717) is 29.0 Å². The standard InChI is InChI=1S/C23H16O3/c24-22-18-11-5-6-12-19(18)23(25)20(22)14-17-10-4-7-13-21(17)26-15-16-8-2-1-3-9-16/h1-14H,15H2. The van der Waals surface area contributed by atoms with Crippen LogP contribution in [0.25, 0.3) is 6.08 Å². The summed E-state index contributed by atoms with van der Waals surface area (Å²) in [5, 5.41) is 0. The number of ketones is 2. The van der Waals surface area contributed by atoms with Gasteiger partial charge in [-0.2, -0.15) is 0 Å². The van der Waals surface area contributed by atoms with Gasteiger partial charge in [-0.1, -0.05) is 72.8 Å². The summed E-state index contributed by atoms with van der Waals surface area (Å²) in [7, 11) is 0. The highest BCUT2D eigenvalue weighted by Gasteiger charge is 2.32. The normalized spacial score (nSPS) is 12.8. The quantitative estimate of drug-likeness (QED) is 0.509. The first-order chi connectivity index (χ1) is 12.7. The zero-order chi connectivity index (χ0) is 17.9. The Morgan fingerprint density at radius 2 is 1.27 bits per heavy atom. The van der Waals surface area contributed by atoms with Crippen LogP contribution < -0.4 is 4.74 Å². The highest BCUT2D eigenvalue weighted by molar-refractivity contribution is 6.41. The molecule has 3 nitrogen and oxygen atoms in total. The van der Waals surface area contributed by atoms with Crippen molar-refractivity contribution in [3.05, 3.63) is 107 Å². The zero-order valence-electron chi connectivity index (χ0n) is 14.0. The third-order valence-electron chi connectivity index (χ3n) is 4.36. The number of carbonyl (C=O) groups excluding carboxylic acids is 2. The minimum Gasteiger partial charge on any atom is -0.488 e. The molecule has 0 aromatic heterocycles. The van der Waals surface area contributed by atoms with E-state index in [2.05, 4.69) is 0 Å². The van der Waals surface area contributed by atoms with Crippen LogP contribution in [-0.4, -0.2) is 11.6 Å². The van der Waals surface area contributed by atoms with Crippen molar-refractivity contribution >= 4 is 17.6 Å². The second-order valence-electron chi connectivity index (χ2n) is 6.07. The zero-order valence-corrected chi connectivity index (χ0v) is 14.0. The summed E-state index contributed by atoms with van der Waals surface area (Å²) < 4.78 is 5.91. The van der Waals surface area contributed by atoms with Crippen LogP contribution in [-0.2, 0) is 6.61 Å². The van der Waals surface area contributed by atoms with Crippen molar-refractivity contribution in [2.24, 2.45) is 0 Å². The Bertz CT molecular complexity index is 979. The van der Waals surface area contributed by atoms with Gasteiger partial charge in [-0.05, 0) is 17.7 Å². The SMILES string of the molecule is O=C1C(=Cc2ccccc2OCc2ccccc2)C(=O)c2ccccc21. The van der Waals surface area contributed by atoms with E-state index in [1.165, 1.54) is 0 Å². The number of fused-ring (bicyclic) bond motifs is 1. The summed E-state index contributed by atoms with van der Waals surface area (Å²) >= 11 is 0. The van der Waals surface area contributed by atoms with Crippen LogP contribution in [0.15, 0.2) is 84.4 Å². The number of rotatable bonds is 4. The minimum absolute atomic E-state index is 0.182. The first-order valence-corrected chi connectivity index (χ1v) is 8.40. The topological polar surface area (TPSA) is 43.4 Å². The summed E-state index contributed by atoms with van der Waals surface area (Å²) in [6.45, 7) is 0.420. The Morgan fingerprint density at radius 1 is 0.692 bits per heavy atom. The van der Waals surface area contributed by atoms with Crippen molar-refractivity contribution < 1.29 is 14.3 Å². The molecule has 1 aliphatic carbocycles. The summed E-state index contributed by atoms with van der Waals surface area (Å²) in [6, 6.07) is 24.2. The predicted octanol–water partition coefficient (Wildman–Crippen LogP) is 4.73. The molecule has 0 saturated heterocycles. The molecule has 3 aromatic rings. The average Bonchev–Trinajstić information content (AvgIpc) is 2.93. The predicted molar refractivity (Wildman–Crippen MR) is 100 cm³/mol. The summed E-state index contributed by atoms with van der Waals surface area (Å²) in [5.41, 5.74) is 2.88. The van der Waals surface area contributed by atoms with Gasteiger partial charge in [0.25, 0.3) is 0 Å². The molecule has 1 aliphatic rings. The number of para-hydroxylation sites is 1. The van der Waals surface area contributed by atoms with Crippen LogP contribution in [0.3, 0.4) is 0 Å². The van der Waals surface area contributed by atoms with Crippen LogP contribution in [0.4, 0.5) is 0 Å². The fraction of sp³-hybridized carbons (Fsp3) is 0.0435. The maximum Gasteiger partial charge on any atom is 0.197 e. The molecule has 0 aliphatic heterocycles. The number of allylic oxidation sites excluding steroid dienone is 1. The molecular weight excluding hydrogens is 324 g/mol. The van der Waals surface area contributed by atoms with Crippen molar-refractivity contribution in [3.63, 3.8) is 0 Å². The smallest absolute Gasteiger partial charge is 0.197 e. The number of benzene rings is 3. The Labute approximate surface area is 151 Å². The van der Waals surface area contributed by atoms with Gasteiger partial charge in [0.2, 0.25) is 0 Å². The molecule has 0 unspecified atom stereocenters. The van der Waals surface area contributed by atoms with Gasteiger partial charge >= 0.3 is 0 Å². The van der Waals surface area contributed by atoms with E-state index in [9.17, 15) is 9.59 Å². The first kappa shape index (κ1) is 16.0. The Kier molecular flexibility index (Phi) is 4.20. The molecule has 0 heterocycles. The van der Waals surface area contributed by atoms with E-state index in [1.54, 1.807) is 30.3 Å². The van der Waals surface area contributed by atoms with Crippen LogP contribution >= 0.6 is 0 Å². The lowest BCUT2D eigenvalue weighted by Crippen LogP contribution is -2.01. The lowest BCUT2D eigenvalue weighted by atomic mass is 10.1. The second kappa shape index (κ2) is 6.81. The van der Waals surface area contributed by atoms with Gasteiger partial charge < -0.3 is 4.74 Å². The van der Waals surface area contributed by atoms with Gasteiger partial charge in [-0.25, -0.2) is 0 Å². The van der Waals surface area contributed by atoms with E-state index in [-0.39, 0.29) is 17.1 Å². The van der Waals surface area contributed by atoms with Gasteiger partial charge in [0.05, 0.1) is 5.57 Å². The number of hydrogen-bond acceptors (Lipinski definition) is 3. The molecule has 4 rings (SSSR count). The fourth-order valence-corrected chi connectivity index (χ4v) is 3.03. The molecule has 0 atom stereocenters. The second-order valence-corrected chi connectivity index (χ2v) is 6.07. The molecule has 0 saturated carbocycles. The molecule has 0 N–H and O–H groups in total. The Hall–Kier alpha value is -3.46. The highest BCUT2D eigenvalue weighted by atomic mass is 16.5. The summed E-state index contributed by atoms with van der Waals surface area (Å²) in [6.07, 6.45) is 1.63. The average molecular weight is 340 g/mol. The number of Topliss-reactive ketones (excluding diaryl/α,β-unsaturated/α-hetero) is 2. The molecule has 0 amide bonds. The molecule has 0 spiro atoms. The van der Waals surface area contributed by atoms with Gasteiger partial charge in [-0.3, -0.25) is 9.59 Å². The van der Waals surface area contributed by atoms with Crippen LogP contribution in [0, 0.1) is 0 Å². The largest absolute Gasteiger partial charge is 0.488 e. The van der Waals surface area contributed by atoms with E-state index >= 15 is 0 Å². The van der Waals surface area contributed by atoms with Gasteiger partial charge in [0, 0.05) is 16.7 Å². The van der Waals surface area contributed by atoms with E-state index in [1.807, 2.05) is 54.6 Å². The van der Waals surface area contributed by atoms with Crippen molar-refractivity contribution in [3.8, 4) is 5.75 Å². The molecule has 3 aromatic carbocycles. The molecule has 0 fully saturated rings. The lowest BCUT2D eigenvalue weighted by molar-refractivity contribution is 0.0990. The Balaban J connectivity index is 1.64. The third kappa shape index (κ3) is 2.95. The maximum atomic E-state index is 12.6. The summed E-state index contributed by atoms with van der Waals surface area (Å²) in [5.74, 6) is 0.173. The van der Waals surface area contributed by atoms with Crippen LogP contribution in [0.1, 0.15) is 31.8 Å². The molecule has 3 heteroatoms. The van der Waals surface area contributed by atoms with Crippen molar-refractivity contribution in [1.82, 2.24) is 0 Å². The van der Waals surface area contributed by atoms with Gasteiger partial charge in [0.1, 0.15) is 12.4 Å². The lowest BCUT2D eigenvalue weighted by Gasteiger charge is -2.09. The Morgan fingerprint density at radius 3 is 1.96 bits per heavy atom. The highest BCUT2D eigenvalue weighted by Crippen LogP contribution is 2.30. The first-order valence-electron chi connectivity index (χ1n) is 8.40. The minimum atomic E-state index is -0.233. The van der Waals surface area contributed by atoms with Gasteiger partial charge in [-0.15, -0.1) is 0 Å². The molecule has 126 valence electrons. The molecule has 0 radical (unpaired) electrons.